The lowest BCUT2D eigenvalue weighted by Crippen LogP contribution is -2.40. The molecule has 0 aromatic heterocycles. The average molecular weight is 428 g/mol. The van der Waals surface area contributed by atoms with E-state index in [1.807, 2.05) is 0 Å². The number of amides is 1. The number of rotatable bonds is 10. The largest absolute Gasteiger partial charge is 0.369 e. The summed E-state index contributed by atoms with van der Waals surface area (Å²) < 4.78 is 0. The summed E-state index contributed by atoms with van der Waals surface area (Å²) >= 11 is 0. The molecule has 1 aromatic rings. The number of nitrogens with zero attached hydrogens (tertiary/aromatic N) is 2. The number of guanidine groups is 1. The third-order valence-corrected chi connectivity index (χ3v) is 7.01. The second kappa shape index (κ2) is 12.1. The molecule has 6 nitrogen and oxygen atoms in total. The predicted octanol–water partition coefficient (Wildman–Crippen LogP) is 3.03. The Morgan fingerprint density at radius 3 is 2.48 bits per heavy atom. The van der Waals surface area contributed by atoms with Crippen LogP contribution in [0.4, 0.5) is 0 Å². The summed E-state index contributed by atoms with van der Waals surface area (Å²) in [5, 5.41) is 6.95. The average Bonchev–Trinajstić information content (AvgIpc) is 3.28. The predicted molar refractivity (Wildman–Crippen MR) is 128 cm³/mol. The van der Waals surface area contributed by atoms with E-state index >= 15 is 0 Å². The van der Waals surface area contributed by atoms with Crippen LogP contribution in [0.25, 0.3) is 0 Å². The van der Waals surface area contributed by atoms with Crippen molar-refractivity contribution < 1.29 is 4.79 Å². The van der Waals surface area contributed by atoms with Gasteiger partial charge in [-0.05, 0) is 70.6 Å². The molecule has 31 heavy (non-hydrogen) atoms. The fraction of sp³-hybridized carbons (Fsp3) is 0.680. The molecular formula is C25H41N5O. The first kappa shape index (κ1) is 23.6. The second-order valence-electron chi connectivity index (χ2n) is 9.20. The van der Waals surface area contributed by atoms with Gasteiger partial charge >= 0.3 is 0 Å². The molecule has 0 bridgehead atoms. The van der Waals surface area contributed by atoms with Gasteiger partial charge in [0, 0.05) is 24.4 Å². The number of benzene rings is 1. The molecule has 3 rings (SSSR count). The fourth-order valence-corrected chi connectivity index (χ4v) is 5.06. The van der Waals surface area contributed by atoms with Gasteiger partial charge in [0.15, 0.2) is 5.96 Å². The van der Waals surface area contributed by atoms with Gasteiger partial charge in [0.05, 0.1) is 6.54 Å². The van der Waals surface area contributed by atoms with Crippen molar-refractivity contribution in [3.05, 3.63) is 35.9 Å². The Morgan fingerprint density at radius 1 is 1.13 bits per heavy atom. The van der Waals surface area contributed by atoms with Crippen molar-refractivity contribution in [1.29, 1.82) is 0 Å². The summed E-state index contributed by atoms with van der Waals surface area (Å²) in [6.07, 6.45) is 9.14. The summed E-state index contributed by atoms with van der Waals surface area (Å²) in [4.78, 5) is 18.8. The van der Waals surface area contributed by atoms with E-state index in [0.717, 1.165) is 70.9 Å². The summed E-state index contributed by atoms with van der Waals surface area (Å²) in [5.41, 5.74) is 7.06. The number of unbranched alkanes of at least 4 members (excludes halogenated alkanes) is 1. The van der Waals surface area contributed by atoms with E-state index in [-0.39, 0.29) is 17.2 Å². The Morgan fingerprint density at radius 2 is 1.84 bits per heavy atom. The normalized spacial score (nSPS) is 20.0. The molecule has 0 spiro atoms. The quantitative estimate of drug-likeness (QED) is 0.304. The smallest absolute Gasteiger partial charge is 0.220 e. The number of primary amides is 1. The lowest BCUT2D eigenvalue weighted by Gasteiger charge is -2.30. The maximum atomic E-state index is 11.3. The van der Waals surface area contributed by atoms with Gasteiger partial charge in [-0.2, -0.15) is 0 Å². The summed E-state index contributed by atoms with van der Waals surface area (Å²) in [6, 6.07) is 10.9. The number of hydrogen-bond acceptors (Lipinski definition) is 3. The highest BCUT2D eigenvalue weighted by Gasteiger charge is 2.35. The van der Waals surface area contributed by atoms with Gasteiger partial charge in [-0.1, -0.05) is 43.2 Å². The zero-order chi connectivity index (χ0) is 21.9. The van der Waals surface area contributed by atoms with Crippen LogP contribution in [-0.4, -0.2) is 56.0 Å². The molecule has 1 heterocycles. The van der Waals surface area contributed by atoms with Crippen LogP contribution in [0.15, 0.2) is 35.3 Å². The Bertz CT molecular complexity index is 691. The maximum Gasteiger partial charge on any atom is 0.220 e. The Kier molecular flexibility index (Phi) is 9.19. The monoisotopic (exact) mass is 427 g/mol. The number of carbonyl (C=O) groups is 1. The number of likely N-dealkylation sites (tertiary alicyclic amines) is 1. The molecule has 172 valence electrons. The highest BCUT2D eigenvalue weighted by Crippen LogP contribution is 2.41. The first-order valence-corrected chi connectivity index (χ1v) is 12.2. The zero-order valence-electron chi connectivity index (χ0n) is 19.2. The van der Waals surface area contributed by atoms with Crippen LogP contribution in [0.1, 0.15) is 63.9 Å². The van der Waals surface area contributed by atoms with Crippen LogP contribution < -0.4 is 16.4 Å². The molecule has 2 fully saturated rings. The van der Waals surface area contributed by atoms with Gasteiger partial charge in [-0.25, -0.2) is 0 Å². The third-order valence-electron chi connectivity index (χ3n) is 7.01. The minimum atomic E-state index is -0.134. The van der Waals surface area contributed by atoms with E-state index in [9.17, 15) is 4.79 Å². The summed E-state index contributed by atoms with van der Waals surface area (Å²) in [5.74, 6) is 0.883. The van der Waals surface area contributed by atoms with Gasteiger partial charge < -0.3 is 21.3 Å². The van der Waals surface area contributed by atoms with Crippen LogP contribution in [0.3, 0.4) is 0 Å². The first-order valence-electron chi connectivity index (χ1n) is 12.2. The van der Waals surface area contributed by atoms with Crippen molar-refractivity contribution >= 4 is 11.9 Å². The third kappa shape index (κ3) is 6.96. The first-order chi connectivity index (χ1) is 15.1. The topological polar surface area (TPSA) is 82.8 Å². The van der Waals surface area contributed by atoms with E-state index < -0.39 is 0 Å². The van der Waals surface area contributed by atoms with Crippen molar-refractivity contribution in [3.63, 3.8) is 0 Å². The molecule has 4 N–H and O–H groups in total. The molecule has 1 aromatic carbocycles. The molecule has 2 aliphatic rings. The van der Waals surface area contributed by atoms with Gasteiger partial charge in [0.25, 0.3) is 0 Å². The van der Waals surface area contributed by atoms with E-state index in [4.69, 9.17) is 10.7 Å². The maximum absolute atomic E-state index is 11.3. The van der Waals surface area contributed by atoms with Gasteiger partial charge in [0.2, 0.25) is 5.91 Å². The van der Waals surface area contributed by atoms with Crippen LogP contribution in [0.5, 0.6) is 0 Å². The molecule has 6 heteroatoms. The zero-order valence-corrected chi connectivity index (χ0v) is 19.2. The number of hydrogen-bond donors (Lipinski definition) is 3. The standard InChI is InChI=1S/C25H41N5O/c1-2-27-24(28-16-8-9-17-30-18-12-21(13-19-30)23(26)31)29-20-25(14-6-7-15-25)22-10-4-3-5-11-22/h3-5,10-11,21H,2,6-9,12-20H2,1H3,(H2,26,31)(H2,27,28,29). The van der Waals surface area contributed by atoms with Crippen molar-refractivity contribution in [2.75, 3.05) is 39.3 Å². The number of carbonyl (C=O) groups excluding carboxylic acids is 1. The Balaban J connectivity index is 1.42. The van der Waals surface area contributed by atoms with Crippen molar-refractivity contribution in [3.8, 4) is 0 Å². The summed E-state index contributed by atoms with van der Waals surface area (Å²) in [6.45, 7) is 7.86. The SMILES string of the molecule is CCNC(=NCC1(c2ccccc2)CCCC1)NCCCCN1CCC(C(N)=O)CC1. The van der Waals surface area contributed by atoms with Crippen LogP contribution in [0.2, 0.25) is 0 Å². The van der Waals surface area contributed by atoms with Gasteiger partial charge in [-0.15, -0.1) is 0 Å². The molecular weight excluding hydrogens is 386 g/mol. The molecule has 1 saturated heterocycles. The molecule has 1 saturated carbocycles. The lowest BCUT2D eigenvalue weighted by molar-refractivity contribution is -0.123. The highest BCUT2D eigenvalue weighted by atomic mass is 16.1. The van der Waals surface area contributed by atoms with Gasteiger partial charge in [0.1, 0.15) is 0 Å². The number of piperidine rings is 1. The van der Waals surface area contributed by atoms with Crippen LogP contribution in [0, 0.1) is 5.92 Å². The molecule has 0 atom stereocenters. The fourth-order valence-electron chi connectivity index (χ4n) is 5.06. The molecule has 0 radical (unpaired) electrons. The minimum absolute atomic E-state index is 0.0795. The Hall–Kier alpha value is -2.08. The van der Waals surface area contributed by atoms with E-state index in [1.54, 1.807) is 0 Å². The van der Waals surface area contributed by atoms with E-state index in [0.29, 0.717) is 0 Å². The van der Waals surface area contributed by atoms with Gasteiger partial charge in [-0.3, -0.25) is 9.79 Å². The van der Waals surface area contributed by atoms with Crippen LogP contribution in [-0.2, 0) is 10.2 Å². The molecule has 1 amide bonds. The Labute approximate surface area is 188 Å². The number of aliphatic imine (C=N–C) groups is 1. The molecule has 0 unspecified atom stereocenters. The molecule has 1 aliphatic carbocycles. The van der Waals surface area contributed by atoms with Crippen LogP contribution >= 0.6 is 0 Å². The highest BCUT2D eigenvalue weighted by molar-refractivity contribution is 5.79. The van der Waals surface area contributed by atoms with E-state index in [2.05, 4.69) is 52.8 Å². The van der Waals surface area contributed by atoms with Crippen molar-refractivity contribution in [1.82, 2.24) is 15.5 Å². The number of nitrogens with one attached hydrogen (secondary N) is 2. The molecule has 1 aliphatic heterocycles. The second-order valence-corrected chi connectivity index (χ2v) is 9.20. The van der Waals surface area contributed by atoms with E-state index in [1.165, 1.54) is 31.2 Å². The minimum Gasteiger partial charge on any atom is -0.369 e. The van der Waals surface area contributed by atoms with Crippen molar-refractivity contribution in [2.24, 2.45) is 16.6 Å². The number of nitrogens with two attached hydrogens (primary N) is 1. The van der Waals surface area contributed by atoms with Crippen molar-refractivity contribution in [2.45, 2.75) is 63.7 Å². The lowest BCUT2D eigenvalue weighted by atomic mass is 9.79. The summed E-state index contributed by atoms with van der Waals surface area (Å²) in [7, 11) is 0.